The monoisotopic (exact) mass is 483 g/mol. The van der Waals surface area contributed by atoms with Gasteiger partial charge < -0.3 is 4.74 Å². The molecule has 4 rings (SSSR count). The molecule has 1 aliphatic carbocycles. The van der Waals surface area contributed by atoms with E-state index in [1.54, 1.807) is 13.3 Å². The molecular formula is C24H26ClN5O2S. The third kappa shape index (κ3) is 6.15. The summed E-state index contributed by atoms with van der Waals surface area (Å²) in [6.45, 7) is 0. The lowest BCUT2D eigenvalue weighted by Crippen LogP contribution is -2.20. The van der Waals surface area contributed by atoms with Gasteiger partial charge in [0.05, 0.1) is 19.1 Å². The Bertz CT molecular complexity index is 1110. The van der Waals surface area contributed by atoms with Crippen molar-refractivity contribution in [3.63, 3.8) is 0 Å². The molecule has 33 heavy (non-hydrogen) atoms. The summed E-state index contributed by atoms with van der Waals surface area (Å²) in [5.74, 6) is 1.54. The molecule has 1 saturated carbocycles. The number of halogens is 1. The van der Waals surface area contributed by atoms with Gasteiger partial charge in [0.1, 0.15) is 5.75 Å². The lowest BCUT2D eigenvalue weighted by atomic mass is 9.95. The van der Waals surface area contributed by atoms with E-state index in [4.69, 9.17) is 16.3 Å². The highest BCUT2D eigenvalue weighted by Gasteiger charge is 2.24. The van der Waals surface area contributed by atoms with Crippen LogP contribution in [-0.4, -0.2) is 39.7 Å². The number of hydrogen-bond donors (Lipinski definition) is 1. The van der Waals surface area contributed by atoms with E-state index in [2.05, 4.69) is 25.3 Å². The molecule has 0 atom stereocenters. The zero-order valence-electron chi connectivity index (χ0n) is 18.4. The van der Waals surface area contributed by atoms with Crippen LogP contribution in [0.25, 0.3) is 11.4 Å². The minimum absolute atomic E-state index is 0.195. The second-order valence-corrected chi connectivity index (χ2v) is 9.21. The number of hydrazone groups is 1. The van der Waals surface area contributed by atoms with Crippen LogP contribution in [0.15, 0.2) is 58.8 Å². The molecule has 0 spiro atoms. The van der Waals surface area contributed by atoms with Gasteiger partial charge >= 0.3 is 0 Å². The summed E-state index contributed by atoms with van der Waals surface area (Å²) in [4.78, 5) is 12.4. The van der Waals surface area contributed by atoms with Crippen molar-refractivity contribution in [2.75, 3.05) is 12.9 Å². The molecule has 1 N–H and O–H groups in total. The second kappa shape index (κ2) is 11.3. The third-order valence-corrected chi connectivity index (χ3v) is 6.73. The van der Waals surface area contributed by atoms with Crippen molar-refractivity contribution < 1.29 is 9.53 Å². The molecule has 0 bridgehead atoms. The lowest BCUT2D eigenvalue weighted by Gasteiger charge is -2.25. The van der Waals surface area contributed by atoms with Crippen LogP contribution in [0.3, 0.4) is 0 Å². The maximum Gasteiger partial charge on any atom is 0.250 e. The predicted molar refractivity (Wildman–Crippen MR) is 132 cm³/mol. The molecule has 0 aliphatic heterocycles. The number of ether oxygens (including phenoxy) is 1. The number of benzene rings is 2. The fourth-order valence-electron chi connectivity index (χ4n) is 3.90. The number of carbonyl (C=O) groups excluding carboxylic acids is 1. The first-order valence-electron chi connectivity index (χ1n) is 10.9. The molecule has 1 aromatic heterocycles. The first kappa shape index (κ1) is 23.3. The number of hydrogen-bond acceptors (Lipinski definition) is 6. The van der Waals surface area contributed by atoms with E-state index in [-0.39, 0.29) is 11.7 Å². The van der Waals surface area contributed by atoms with Crippen LogP contribution < -0.4 is 10.2 Å². The first-order valence-corrected chi connectivity index (χ1v) is 12.3. The number of aromatic nitrogens is 3. The van der Waals surface area contributed by atoms with Crippen molar-refractivity contribution in [2.24, 2.45) is 5.10 Å². The van der Waals surface area contributed by atoms with E-state index in [1.165, 1.54) is 31.0 Å². The van der Waals surface area contributed by atoms with Crippen molar-refractivity contribution in [3.05, 3.63) is 59.1 Å². The number of methoxy groups -OCH3 is 1. The maximum absolute atomic E-state index is 12.4. The van der Waals surface area contributed by atoms with E-state index >= 15 is 0 Å². The van der Waals surface area contributed by atoms with E-state index in [1.807, 2.05) is 48.5 Å². The smallest absolute Gasteiger partial charge is 0.250 e. The number of nitrogens with zero attached hydrogens (tertiary/aromatic N) is 4. The molecule has 0 saturated heterocycles. The molecule has 1 fully saturated rings. The van der Waals surface area contributed by atoms with Crippen molar-refractivity contribution in [2.45, 2.75) is 43.3 Å². The van der Waals surface area contributed by atoms with Gasteiger partial charge in [-0.25, -0.2) is 5.43 Å². The van der Waals surface area contributed by atoms with E-state index < -0.39 is 0 Å². The highest BCUT2D eigenvalue weighted by Crippen LogP contribution is 2.35. The fourth-order valence-corrected chi connectivity index (χ4v) is 4.83. The van der Waals surface area contributed by atoms with Crippen LogP contribution in [0, 0.1) is 0 Å². The molecule has 1 heterocycles. The summed E-state index contributed by atoms with van der Waals surface area (Å²) in [6.07, 6.45) is 7.39. The van der Waals surface area contributed by atoms with Gasteiger partial charge in [0, 0.05) is 16.6 Å². The molecule has 2 aromatic carbocycles. The van der Waals surface area contributed by atoms with E-state index in [0.717, 1.165) is 40.7 Å². The maximum atomic E-state index is 12.4. The van der Waals surface area contributed by atoms with Gasteiger partial charge in [-0.3, -0.25) is 9.36 Å². The summed E-state index contributed by atoms with van der Waals surface area (Å²) in [7, 11) is 1.61. The average molecular weight is 484 g/mol. The number of rotatable bonds is 8. The average Bonchev–Trinajstić information content (AvgIpc) is 3.28. The Morgan fingerprint density at radius 3 is 2.76 bits per heavy atom. The van der Waals surface area contributed by atoms with E-state index in [9.17, 15) is 4.79 Å². The zero-order chi connectivity index (χ0) is 23.0. The van der Waals surface area contributed by atoms with Gasteiger partial charge in [0.15, 0.2) is 11.0 Å². The number of amides is 1. The van der Waals surface area contributed by atoms with Crippen LogP contribution in [0.5, 0.6) is 5.75 Å². The first-order chi connectivity index (χ1) is 16.1. The lowest BCUT2D eigenvalue weighted by molar-refractivity contribution is -0.118. The standard InChI is InChI=1S/C24H26ClN5O2S/c1-32-21-9-5-6-17(14-21)15-26-27-22(31)16-33-24-29-28-23(18-10-12-19(25)13-11-18)30(24)20-7-3-2-4-8-20/h5-6,9-15,20H,2-4,7-8,16H2,1H3,(H,27,31). The van der Waals surface area contributed by atoms with Gasteiger partial charge in [0.2, 0.25) is 0 Å². The zero-order valence-corrected chi connectivity index (χ0v) is 20.0. The predicted octanol–water partition coefficient (Wildman–Crippen LogP) is 5.35. The Kier molecular flexibility index (Phi) is 8.01. The number of thioether (sulfide) groups is 1. The number of nitrogens with one attached hydrogen (secondary N) is 1. The van der Waals surface area contributed by atoms with Crippen molar-refractivity contribution in [3.8, 4) is 17.1 Å². The summed E-state index contributed by atoms with van der Waals surface area (Å²) in [5.41, 5.74) is 4.39. The molecule has 172 valence electrons. The second-order valence-electron chi connectivity index (χ2n) is 7.83. The van der Waals surface area contributed by atoms with Crippen molar-refractivity contribution in [1.82, 2.24) is 20.2 Å². The Labute approximate surface area is 202 Å². The van der Waals surface area contributed by atoms with Crippen molar-refractivity contribution in [1.29, 1.82) is 0 Å². The Morgan fingerprint density at radius 2 is 2.00 bits per heavy atom. The molecule has 7 nitrogen and oxygen atoms in total. The number of carbonyl (C=O) groups is 1. The topological polar surface area (TPSA) is 81.4 Å². The Hall–Kier alpha value is -2.84. The largest absolute Gasteiger partial charge is 0.497 e. The van der Waals surface area contributed by atoms with Gasteiger partial charge in [0.25, 0.3) is 5.91 Å². The van der Waals surface area contributed by atoms with Gasteiger partial charge in [-0.2, -0.15) is 5.10 Å². The quantitative estimate of drug-likeness (QED) is 0.265. The Balaban J connectivity index is 1.44. The van der Waals surface area contributed by atoms with Gasteiger partial charge in [-0.15, -0.1) is 10.2 Å². The summed E-state index contributed by atoms with van der Waals surface area (Å²) in [6, 6.07) is 15.4. The summed E-state index contributed by atoms with van der Waals surface area (Å²) >= 11 is 7.44. The highest BCUT2D eigenvalue weighted by molar-refractivity contribution is 7.99. The van der Waals surface area contributed by atoms with Gasteiger partial charge in [-0.05, 0) is 54.8 Å². The van der Waals surface area contributed by atoms with Crippen LogP contribution in [0.2, 0.25) is 5.02 Å². The minimum atomic E-state index is -0.203. The highest BCUT2D eigenvalue weighted by atomic mass is 35.5. The molecule has 9 heteroatoms. The molecule has 3 aromatic rings. The van der Waals surface area contributed by atoms with Crippen molar-refractivity contribution >= 4 is 35.5 Å². The van der Waals surface area contributed by atoms with Crippen LogP contribution >= 0.6 is 23.4 Å². The van der Waals surface area contributed by atoms with Gasteiger partial charge in [-0.1, -0.05) is 54.8 Å². The third-order valence-electron chi connectivity index (χ3n) is 5.54. The molecule has 1 aliphatic rings. The van der Waals surface area contributed by atoms with Crippen LogP contribution in [-0.2, 0) is 4.79 Å². The fraction of sp³-hybridized carbons (Fsp3) is 0.333. The molecule has 1 amide bonds. The SMILES string of the molecule is COc1cccc(C=NNC(=O)CSc2nnc(-c3ccc(Cl)cc3)n2C2CCCCC2)c1. The van der Waals surface area contributed by atoms with Crippen LogP contribution in [0.1, 0.15) is 43.7 Å². The van der Waals surface area contributed by atoms with E-state index in [0.29, 0.717) is 11.1 Å². The summed E-state index contributed by atoms with van der Waals surface area (Å²) in [5, 5.41) is 14.4. The molecule has 0 radical (unpaired) electrons. The minimum Gasteiger partial charge on any atom is -0.497 e. The summed E-state index contributed by atoms with van der Waals surface area (Å²) < 4.78 is 7.39. The normalized spacial score (nSPS) is 14.5. The molecular weight excluding hydrogens is 458 g/mol. The molecule has 0 unspecified atom stereocenters. The van der Waals surface area contributed by atoms with Crippen LogP contribution in [0.4, 0.5) is 0 Å². The Morgan fingerprint density at radius 1 is 1.21 bits per heavy atom.